The number of nitrogens with zero attached hydrogens (tertiary/aromatic N) is 1. The van der Waals surface area contributed by atoms with Crippen LogP contribution >= 0.6 is 0 Å². The number of benzene rings is 2. The van der Waals surface area contributed by atoms with Crippen LogP contribution in [-0.4, -0.2) is 6.79 Å². The number of hydrogen-bond donors (Lipinski definition) is 0. The number of rotatable bonds is 0. The molecular weight excluding hydrogens is 250 g/mol. The monoisotopic (exact) mass is 264 g/mol. The van der Waals surface area contributed by atoms with E-state index in [9.17, 15) is 0 Å². The zero-order valence-corrected chi connectivity index (χ0v) is 11.1. The van der Waals surface area contributed by atoms with Gasteiger partial charge in [0.25, 0.3) is 0 Å². The van der Waals surface area contributed by atoms with Crippen LogP contribution in [0.15, 0.2) is 36.5 Å². The predicted molar refractivity (Wildman–Crippen MR) is 76.1 cm³/mol. The molecule has 2 aromatic carbocycles. The molecular formula is C17H14NO2+. The Morgan fingerprint density at radius 1 is 1.00 bits per heavy atom. The Kier molecular flexibility index (Phi) is 1.90. The van der Waals surface area contributed by atoms with Crippen LogP contribution in [0.5, 0.6) is 11.5 Å². The van der Waals surface area contributed by atoms with Crippen molar-refractivity contribution in [1.82, 2.24) is 0 Å². The molecule has 2 aliphatic heterocycles. The highest BCUT2D eigenvalue weighted by molar-refractivity contribution is 6.06. The summed E-state index contributed by atoms with van der Waals surface area (Å²) in [4.78, 5) is 0. The van der Waals surface area contributed by atoms with Crippen molar-refractivity contribution < 1.29 is 14.0 Å². The zero-order valence-electron chi connectivity index (χ0n) is 11.1. The van der Waals surface area contributed by atoms with E-state index >= 15 is 0 Å². The molecule has 3 heteroatoms. The molecule has 0 N–H and O–H groups in total. The Hall–Kier alpha value is -2.29. The van der Waals surface area contributed by atoms with Crippen LogP contribution in [0.25, 0.3) is 21.7 Å². The van der Waals surface area contributed by atoms with Gasteiger partial charge < -0.3 is 9.47 Å². The van der Waals surface area contributed by atoms with Crippen molar-refractivity contribution in [3.05, 3.63) is 42.1 Å². The highest BCUT2D eigenvalue weighted by Crippen LogP contribution is 2.38. The fourth-order valence-electron chi connectivity index (χ4n) is 3.50. The molecule has 3 nitrogen and oxygen atoms in total. The Labute approximate surface area is 116 Å². The quantitative estimate of drug-likeness (QED) is 0.460. The second kappa shape index (κ2) is 3.63. The lowest BCUT2D eigenvalue weighted by atomic mass is 9.97. The molecule has 0 bridgehead atoms. The van der Waals surface area contributed by atoms with E-state index in [-0.39, 0.29) is 0 Å². The third-order valence-corrected chi connectivity index (χ3v) is 4.38. The van der Waals surface area contributed by atoms with Crippen molar-refractivity contribution in [3.8, 4) is 11.5 Å². The smallest absolute Gasteiger partial charge is 0.231 e. The second-order valence-corrected chi connectivity index (χ2v) is 5.53. The van der Waals surface area contributed by atoms with E-state index in [0.717, 1.165) is 18.0 Å². The van der Waals surface area contributed by atoms with Crippen molar-refractivity contribution in [1.29, 1.82) is 0 Å². The highest BCUT2D eigenvalue weighted by Gasteiger charge is 2.23. The maximum atomic E-state index is 5.53. The minimum atomic E-state index is 0.328. The highest BCUT2D eigenvalue weighted by atomic mass is 16.7. The van der Waals surface area contributed by atoms with Crippen LogP contribution in [-0.2, 0) is 13.0 Å². The van der Waals surface area contributed by atoms with Crippen LogP contribution in [0, 0.1) is 0 Å². The summed E-state index contributed by atoms with van der Waals surface area (Å²) in [5.74, 6) is 1.72. The van der Waals surface area contributed by atoms with Crippen molar-refractivity contribution in [2.24, 2.45) is 0 Å². The van der Waals surface area contributed by atoms with E-state index in [1.165, 1.54) is 40.1 Å². The van der Waals surface area contributed by atoms with Crippen molar-refractivity contribution >= 4 is 21.7 Å². The van der Waals surface area contributed by atoms with Gasteiger partial charge in [-0.2, -0.15) is 4.57 Å². The van der Waals surface area contributed by atoms with Gasteiger partial charge in [0.05, 0.1) is 10.8 Å². The summed E-state index contributed by atoms with van der Waals surface area (Å²) in [6, 6.07) is 10.8. The number of hydrogen-bond acceptors (Lipinski definition) is 2. The summed E-state index contributed by atoms with van der Waals surface area (Å²) in [5, 5.41) is 3.79. The molecule has 0 radical (unpaired) electrons. The fraction of sp³-hybridized carbons (Fsp3) is 0.235. The van der Waals surface area contributed by atoms with Gasteiger partial charge >= 0.3 is 0 Å². The number of aryl methyl sites for hydroxylation is 2. The molecule has 0 saturated carbocycles. The first kappa shape index (κ1) is 10.5. The molecule has 0 atom stereocenters. The van der Waals surface area contributed by atoms with Crippen LogP contribution in [0.4, 0.5) is 0 Å². The van der Waals surface area contributed by atoms with Gasteiger partial charge in [-0.05, 0) is 24.6 Å². The van der Waals surface area contributed by atoms with Crippen molar-refractivity contribution in [3.63, 3.8) is 0 Å². The van der Waals surface area contributed by atoms with Crippen molar-refractivity contribution in [2.75, 3.05) is 6.79 Å². The van der Waals surface area contributed by atoms with Gasteiger partial charge in [0.1, 0.15) is 6.54 Å². The molecule has 0 amide bonds. The SMILES string of the molecule is c1cc2c3c(c1)c1cc4c(cc1c[n+]3CCC2)OCO4. The Morgan fingerprint density at radius 3 is 2.85 bits per heavy atom. The summed E-state index contributed by atoms with van der Waals surface area (Å²) >= 11 is 0. The number of fused-ring (bicyclic) bond motifs is 3. The summed E-state index contributed by atoms with van der Waals surface area (Å²) in [6.07, 6.45) is 4.64. The standard InChI is InChI=1S/C17H14NO2/c1-3-11-4-2-6-18-9-12-7-15-16(20-10-19-15)8-14(12)13(5-1)17(11)18/h1,3,5,7-9H,2,4,6,10H2/q+1. The minimum absolute atomic E-state index is 0.328. The van der Waals surface area contributed by atoms with Crippen LogP contribution in [0.3, 0.4) is 0 Å². The van der Waals surface area contributed by atoms with Gasteiger partial charge in [-0.3, -0.25) is 0 Å². The minimum Gasteiger partial charge on any atom is -0.454 e. The molecule has 3 heterocycles. The lowest BCUT2D eigenvalue weighted by Gasteiger charge is -2.13. The van der Waals surface area contributed by atoms with Gasteiger partial charge in [0.2, 0.25) is 12.3 Å². The number of para-hydroxylation sites is 1. The molecule has 1 aromatic heterocycles. The molecule has 0 spiro atoms. The Bertz CT molecular complexity index is 870. The second-order valence-electron chi connectivity index (χ2n) is 5.53. The number of aromatic nitrogens is 1. The molecule has 5 rings (SSSR count). The fourth-order valence-corrected chi connectivity index (χ4v) is 3.50. The third-order valence-electron chi connectivity index (χ3n) is 4.38. The predicted octanol–water partition coefficient (Wildman–Crippen LogP) is 2.96. The van der Waals surface area contributed by atoms with E-state index in [1.807, 2.05) is 0 Å². The summed E-state index contributed by atoms with van der Waals surface area (Å²) in [6.45, 7) is 1.42. The van der Waals surface area contributed by atoms with Crippen molar-refractivity contribution in [2.45, 2.75) is 19.4 Å². The number of ether oxygens (including phenoxy) is 2. The van der Waals surface area contributed by atoms with E-state index in [2.05, 4.69) is 41.1 Å². The maximum absolute atomic E-state index is 5.53. The summed E-state index contributed by atoms with van der Waals surface area (Å²) in [7, 11) is 0. The first-order chi connectivity index (χ1) is 9.90. The van der Waals surface area contributed by atoms with E-state index in [0.29, 0.717) is 6.79 Å². The first-order valence-corrected chi connectivity index (χ1v) is 7.07. The van der Waals surface area contributed by atoms with Gasteiger partial charge in [-0.1, -0.05) is 12.1 Å². The Morgan fingerprint density at radius 2 is 1.90 bits per heavy atom. The largest absolute Gasteiger partial charge is 0.454 e. The average molecular weight is 264 g/mol. The molecule has 0 saturated heterocycles. The first-order valence-electron chi connectivity index (χ1n) is 7.07. The molecule has 2 aliphatic rings. The van der Waals surface area contributed by atoms with Crippen LogP contribution < -0.4 is 14.0 Å². The molecule has 98 valence electrons. The molecule has 20 heavy (non-hydrogen) atoms. The van der Waals surface area contributed by atoms with Crippen LogP contribution in [0.1, 0.15) is 12.0 Å². The lowest BCUT2D eigenvalue weighted by molar-refractivity contribution is -0.673. The average Bonchev–Trinajstić information content (AvgIpc) is 2.93. The molecule has 0 unspecified atom stereocenters. The maximum Gasteiger partial charge on any atom is 0.231 e. The molecule has 0 fully saturated rings. The van der Waals surface area contributed by atoms with Gasteiger partial charge in [0, 0.05) is 17.4 Å². The summed E-state index contributed by atoms with van der Waals surface area (Å²) in [5.41, 5.74) is 2.83. The van der Waals surface area contributed by atoms with E-state index in [1.54, 1.807) is 0 Å². The Balaban J connectivity index is 1.99. The number of pyridine rings is 1. The van der Waals surface area contributed by atoms with Crippen LogP contribution in [0.2, 0.25) is 0 Å². The normalized spacial score (nSPS) is 16.0. The van der Waals surface area contributed by atoms with Gasteiger partial charge in [-0.25, -0.2) is 0 Å². The third kappa shape index (κ3) is 1.27. The lowest BCUT2D eigenvalue weighted by Crippen LogP contribution is -2.38. The molecule has 0 aliphatic carbocycles. The zero-order chi connectivity index (χ0) is 13.1. The summed E-state index contributed by atoms with van der Waals surface area (Å²) < 4.78 is 13.4. The van der Waals surface area contributed by atoms with E-state index in [4.69, 9.17) is 9.47 Å². The van der Waals surface area contributed by atoms with Gasteiger partial charge in [0.15, 0.2) is 17.7 Å². The van der Waals surface area contributed by atoms with Gasteiger partial charge in [-0.15, -0.1) is 0 Å². The topological polar surface area (TPSA) is 22.3 Å². The van der Waals surface area contributed by atoms with E-state index < -0.39 is 0 Å². The molecule has 3 aromatic rings.